The third-order valence-corrected chi connectivity index (χ3v) is 6.43. The third-order valence-electron chi connectivity index (χ3n) is 6.43. The first-order valence-electron chi connectivity index (χ1n) is 8.14. The second kappa shape index (κ2) is 4.95. The van der Waals surface area contributed by atoms with Gasteiger partial charge in [0.25, 0.3) is 0 Å². The van der Waals surface area contributed by atoms with E-state index in [4.69, 9.17) is 0 Å². The van der Waals surface area contributed by atoms with E-state index < -0.39 is 5.41 Å². The molecule has 0 saturated heterocycles. The lowest BCUT2D eigenvalue weighted by molar-refractivity contribution is -0.122. The zero-order chi connectivity index (χ0) is 15.3. The molecule has 3 aliphatic carbocycles. The summed E-state index contributed by atoms with van der Waals surface area (Å²) in [5, 5.41) is 9.72. The van der Waals surface area contributed by atoms with Crippen LogP contribution >= 0.6 is 0 Å². The predicted molar refractivity (Wildman–Crippen MR) is 84.7 cm³/mol. The van der Waals surface area contributed by atoms with E-state index in [9.17, 15) is 9.90 Å². The Morgan fingerprint density at radius 3 is 2.86 bits per heavy atom. The number of ketones is 1. The Kier molecular flexibility index (Phi) is 3.48. The number of fused-ring (bicyclic) bond motifs is 3. The standard InChI is InChI=1S/C19H26O2/c1-4-19(12-20)9-7-15-14(11-19)17(21)10-16-13(2)6-5-8-18(15,16)3/h4,11,15-16,20H,1-2,5-10,12H2,3H3/t15-,16-,18+,19+/m0/s1. The zero-order valence-corrected chi connectivity index (χ0v) is 13.0. The fraction of sp³-hybridized carbons (Fsp3) is 0.632. The summed E-state index contributed by atoms with van der Waals surface area (Å²) in [6.07, 6.45) is 9.78. The molecule has 21 heavy (non-hydrogen) atoms. The van der Waals surface area contributed by atoms with E-state index in [1.54, 1.807) is 0 Å². The molecule has 0 spiro atoms. The van der Waals surface area contributed by atoms with Crippen LogP contribution in [-0.4, -0.2) is 17.5 Å². The Balaban J connectivity index is 2.04. The fourth-order valence-corrected chi connectivity index (χ4v) is 4.97. The van der Waals surface area contributed by atoms with Crippen molar-refractivity contribution in [3.63, 3.8) is 0 Å². The molecule has 0 heterocycles. The van der Waals surface area contributed by atoms with Crippen LogP contribution in [0.25, 0.3) is 0 Å². The van der Waals surface area contributed by atoms with E-state index in [0.29, 0.717) is 18.3 Å². The molecule has 3 rings (SSSR count). The second-order valence-electron chi connectivity index (χ2n) is 7.48. The molecule has 2 heteroatoms. The molecule has 0 bridgehead atoms. The second-order valence-corrected chi connectivity index (χ2v) is 7.48. The van der Waals surface area contributed by atoms with Gasteiger partial charge in [0.15, 0.2) is 5.78 Å². The summed E-state index contributed by atoms with van der Waals surface area (Å²) in [6.45, 7) is 10.5. The highest BCUT2D eigenvalue weighted by atomic mass is 16.3. The summed E-state index contributed by atoms with van der Waals surface area (Å²) in [5.41, 5.74) is 2.02. The van der Waals surface area contributed by atoms with Gasteiger partial charge in [-0.2, -0.15) is 0 Å². The topological polar surface area (TPSA) is 37.3 Å². The molecular weight excluding hydrogens is 260 g/mol. The van der Waals surface area contributed by atoms with E-state index in [-0.39, 0.29) is 17.8 Å². The van der Waals surface area contributed by atoms with Crippen LogP contribution in [0.15, 0.2) is 36.5 Å². The molecule has 1 N–H and O–H groups in total. The number of Topliss-reactive ketones (excluding diaryl/α,β-unsaturated/α-hetero) is 1. The Morgan fingerprint density at radius 2 is 2.19 bits per heavy atom. The number of aliphatic hydroxyl groups excluding tert-OH is 1. The Bertz CT molecular complexity index is 530. The van der Waals surface area contributed by atoms with Crippen molar-refractivity contribution in [2.24, 2.45) is 22.7 Å². The van der Waals surface area contributed by atoms with Gasteiger partial charge >= 0.3 is 0 Å². The van der Waals surface area contributed by atoms with Crippen molar-refractivity contribution in [1.29, 1.82) is 0 Å². The first-order chi connectivity index (χ1) is 9.96. The largest absolute Gasteiger partial charge is 0.395 e. The summed E-state index contributed by atoms with van der Waals surface area (Å²) in [4.78, 5) is 12.7. The number of hydrogen-bond donors (Lipinski definition) is 1. The van der Waals surface area contributed by atoms with Crippen LogP contribution in [0.2, 0.25) is 0 Å². The maximum atomic E-state index is 12.7. The number of hydrogen-bond acceptors (Lipinski definition) is 2. The molecule has 0 unspecified atom stereocenters. The van der Waals surface area contributed by atoms with Crippen LogP contribution in [0, 0.1) is 22.7 Å². The van der Waals surface area contributed by atoms with E-state index in [2.05, 4.69) is 20.1 Å². The van der Waals surface area contributed by atoms with Crippen molar-refractivity contribution in [3.05, 3.63) is 36.5 Å². The minimum Gasteiger partial charge on any atom is -0.395 e. The first kappa shape index (κ1) is 14.8. The van der Waals surface area contributed by atoms with Crippen LogP contribution < -0.4 is 0 Å². The Hall–Kier alpha value is -1.15. The Morgan fingerprint density at radius 1 is 1.43 bits per heavy atom. The summed E-state index contributed by atoms with van der Waals surface area (Å²) in [5.74, 6) is 0.955. The maximum Gasteiger partial charge on any atom is 0.159 e. The molecule has 4 atom stereocenters. The summed E-state index contributed by atoms with van der Waals surface area (Å²) in [6, 6.07) is 0. The molecule has 0 amide bonds. The van der Waals surface area contributed by atoms with Gasteiger partial charge < -0.3 is 5.11 Å². The van der Waals surface area contributed by atoms with Gasteiger partial charge in [-0.05, 0) is 54.9 Å². The van der Waals surface area contributed by atoms with Crippen LogP contribution in [-0.2, 0) is 4.79 Å². The van der Waals surface area contributed by atoms with Crippen molar-refractivity contribution in [2.75, 3.05) is 6.61 Å². The van der Waals surface area contributed by atoms with Gasteiger partial charge in [-0.3, -0.25) is 4.79 Å². The molecule has 0 aromatic heterocycles. The third kappa shape index (κ3) is 2.07. The van der Waals surface area contributed by atoms with Crippen LogP contribution in [0.3, 0.4) is 0 Å². The number of carbonyl (C=O) groups excluding carboxylic acids is 1. The molecule has 2 saturated carbocycles. The smallest absolute Gasteiger partial charge is 0.159 e. The monoisotopic (exact) mass is 286 g/mol. The highest BCUT2D eigenvalue weighted by Crippen LogP contribution is 2.59. The maximum absolute atomic E-state index is 12.7. The lowest BCUT2D eigenvalue weighted by atomic mass is 9.49. The minimum absolute atomic E-state index is 0.0485. The predicted octanol–water partition coefficient (Wildman–Crippen LogP) is 3.82. The minimum atomic E-state index is -0.392. The molecule has 0 aromatic carbocycles. The molecule has 0 radical (unpaired) electrons. The van der Waals surface area contributed by atoms with Gasteiger partial charge in [-0.1, -0.05) is 31.2 Å². The van der Waals surface area contributed by atoms with Crippen LogP contribution in [0.4, 0.5) is 0 Å². The number of allylic oxidation sites excluding steroid dienone is 2. The Labute approximate surface area is 127 Å². The molecule has 3 aliphatic rings. The summed E-state index contributed by atoms with van der Waals surface area (Å²) in [7, 11) is 0. The zero-order valence-electron chi connectivity index (χ0n) is 13.0. The lowest BCUT2D eigenvalue weighted by Crippen LogP contribution is -2.48. The molecule has 0 aromatic rings. The van der Waals surface area contributed by atoms with Gasteiger partial charge in [0.2, 0.25) is 0 Å². The average Bonchev–Trinajstić information content (AvgIpc) is 2.49. The first-order valence-corrected chi connectivity index (χ1v) is 8.14. The normalized spacial score (nSPS) is 42.9. The number of rotatable bonds is 2. The van der Waals surface area contributed by atoms with Crippen molar-refractivity contribution in [1.82, 2.24) is 0 Å². The molecule has 114 valence electrons. The lowest BCUT2D eigenvalue weighted by Gasteiger charge is -2.54. The average molecular weight is 286 g/mol. The number of aliphatic hydroxyl groups is 1. The van der Waals surface area contributed by atoms with Crippen molar-refractivity contribution in [2.45, 2.75) is 45.4 Å². The number of carbonyl (C=O) groups is 1. The quantitative estimate of drug-likeness (QED) is 0.783. The fourth-order valence-electron chi connectivity index (χ4n) is 4.97. The van der Waals surface area contributed by atoms with Crippen molar-refractivity contribution < 1.29 is 9.90 Å². The van der Waals surface area contributed by atoms with Gasteiger partial charge in [0.1, 0.15) is 0 Å². The highest BCUT2D eigenvalue weighted by molar-refractivity contribution is 5.97. The molecular formula is C19H26O2. The van der Waals surface area contributed by atoms with E-state index in [0.717, 1.165) is 24.8 Å². The van der Waals surface area contributed by atoms with Crippen molar-refractivity contribution >= 4 is 5.78 Å². The van der Waals surface area contributed by atoms with Gasteiger partial charge in [-0.25, -0.2) is 0 Å². The molecule has 0 aliphatic heterocycles. The van der Waals surface area contributed by atoms with Gasteiger partial charge in [-0.15, -0.1) is 6.58 Å². The molecule has 2 fully saturated rings. The van der Waals surface area contributed by atoms with Gasteiger partial charge in [0.05, 0.1) is 6.61 Å². The van der Waals surface area contributed by atoms with E-state index in [1.165, 1.54) is 18.4 Å². The highest BCUT2D eigenvalue weighted by Gasteiger charge is 2.53. The van der Waals surface area contributed by atoms with Crippen LogP contribution in [0.5, 0.6) is 0 Å². The summed E-state index contributed by atoms with van der Waals surface area (Å²) >= 11 is 0. The molecule has 2 nitrogen and oxygen atoms in total. The van der Waals surface area contributed by atoms with Crippen molar-refractivity contribution in [3.8, 4) is 0 Å². The summed E-state index contributed by atoms with van der Waals surface area (Å²) < 4.78 is 0. The van der Waals surface area contributed by atoms with Crippen LogP contribution in [0.1, 0.15) is 45.4 Å². The van der Waals surface area contributed by atoms with Gasteiger partial charge in [0, 0.05) is 11.8 Å². The van der Waals surface area contributed by atoms with E-state index >= 15 is 0 Å². The van der Waals surface area contributed by atoms with E-state index in [1.807, 2.05) is 12.2 Å². The SMILES string of the molecule is C=C[C@]1(CO)C=C2C(=O)C[C@H]3C(=C)CCC[C@]3(C)[C@H]2CC1.